The number of nitrogens with one attached hydrogen (secondary N) is 1. The Kier molecular flexibility index (Phi) is 10.1. The number of aromatic nitrogens is 1. The van der Waals surface area contributed by atoms with E-state index in [4.69, 9.17) is 20.6 Å². The zero-order valence-electron chi connectivity index (χ0n) is 20.6. The minimum Gasteiger partial charge on any atom is -0.489 e. The van der Waals surface area contributed by atoms with Crippen molar-refractivity contribution in [2.75, 3.05) is 6.61 Å². The van der Waals surface area contributed by atoms with Gasteiger partial charge in [0.15, 0.2) is 23.0 Å². The lowest BCUT2D eigenvalue weighted by atomic mass is 10.1. The van der Waals surface area contributed by atoms with Gasteiger partial charge in [-0.05, 0) is 49.9 Å². The molecule has 0 saturated heterocycles. The Morgan fingerprint density at radius 2 is 1.90 bits per heavy atom. The van der Waals surface area contributed by atoms with E-state index in [9.17, 15) is 22.4 Å². The number of nitrogens with two attached hydrogens (primary N) is 2. The first-order chi connectivity index (χ1) is 18.0. The number of oxazole rings is 1. The van der Waals surface area contributed by atoms with Gasteiger partial charge in [-0.3, -0.25) is 4.79 Å². The maximum absolute atomic E-state index is 14.4. The molecule has 8 nitrogen and oxygen atoms in total. The molecule has 212 valence electrons. The number of alkyl halides is 2. The average molecular weight is 591 g/mol. The summed E-state index contributed by atoms with van der Waals surface area (Å²) in [5.41, 5.74) is 11.9. The third kappa shape index (κ3) is 7.56. The Morgan fingerprint density at radius 3 is 2.49 bits per heavy atom. The van der Waals surface area contributed by atoms with Gasteiger partial charge in [0.25, 0.3) is 5.91 Å². The smallest absolute Gasteiger partial charge is 0.387 e. The molecule has 0 bridgehead atoms. The second kappa shape index (κ2) is 12.9. The van der Waals surface area contributed by atoms with Crippen LogP contribution in [0.2, 0.25) is 0 Å². The Bertz CT molecular complexity index is 1310. The number of hydrogen-bond donors (Lipinski definition) is 4. The van der Waals surface area contributed by atoms with Gasteiger partial charge in [0.05, 0.1) is 24.1 Å². The minimum atomic E-state index is -3.05. The largest absolute Gasteiger partial charge is 0.489 e. The van der Waals surface area contributed by atoms with Gasteiger partial charge in [0.1, 0.15) is 11.6 Å². The molecule has 0 spiro atoms. The maximum atomic E-state index is 14.4. The molecular formula is C25H27ClF4N4O4S. The molecule has 1 amide bonds. The standard InChI is InChI=1S/C25H26F4N4O4S.ClH/c1-11(30)21-20(23(34)32-19(22(31)38)15-6-5-14(26)9-16(15)27)33-24(37-21)13-4-7-17(36-25(28)29)18(8-13)35-10-12-2-3-12;/h4-9,11-12,19,22,25,38H,2-3,10,30-31H2,1H3,(H,32,34);1H/t11-,19?,22+;/m0./s1. The van der Waals surface area contributed by atoms with Crippen LogP contribution < -0.4 is 26.3 Å². The number of hydrogen-bond acceptors (Lipinski definition) is 8. The highest BCUT2D eigenvalue weighted by Crippen LogP contribution is 2.37. The predicted molar refractivity (Wildman–Crippen MR) is 140 cm³/mol. The van der Waals surface area contributed by atoms with Crippen molar-refractivity contribution in [2.24, 2.45) is 17.4 Å². The number of carbonyl (C=O) groups is 1. The van der Waals surface area contributed by atoms with Gasteiger partial charge >= 0.3 is 6.61 Å². The van der Waals surface area contributed by atoms with Gasteiger partial charge in [0.2, 0.25) is 5.89 Å². The van der Waals surface area contributed by atoms with Crippen molar-refractivity contribution >= 4 is 30.9 Å². The lowest BCUT2D eigenvalue weighted by Gasteiger charge is -2.22. The fraction of sp³-hybridized carbons (Fsp3) is 0.360. The highest BCUT2D eigenvalue weighted by molar-refractivity contribution is 7.80. The van der Waals surface area contributed by atoms with Gasteiger partial charge in [-0.15, -0.1) is 12.4 Å². The summed E-state index contributed by atoms with van der Waals surface area (Å²) in [6.07, 6.45) is 1.97. The van der Waals surface area contributed by atoms with Crippen LogP contribution in [0.5, 0.6) is 11.5 Å². The van der Waals surface area contributed by atoms with E-state index in [1.165, 1.54) is 18.2 Å². The number of halogens is 5. The summed E-state index contributed by atoms with van der Waals surface area (Å²) in [5, 5.41) is 1.48. The van der Waals surface area contributed by atoms with Crippen LogP contribution in [0.1, 0.15) is 53.7 Å². The summed E-state index contributed by atoms with van der Waals surface area (Å²) >= 11 is 4.13. The topological polar surface area (TPSA) is 126 Å². The molecule has 14 heteroatoms. The third-order valence-electron chi connectivity index (χ3n) is 5.79. The molecule has 4 rings (SSSR count). The summed E-state index contributed by atoms with van der Waals surface area (Å²) in [5.74, 6) is -2.29. The molecule has 3 aromatic rings. The van der Waals surface area contributed by atoms with Gasteiger partial charge < -0.3 is 30.7 Å². The van der Waals surface area contributed by atoms with Crippen LogP contribution in [0.15, 0.2) is 40.8 Å². The van der Waals surface area contributed by atoms with Crippen molar-refractivity contribution in [3.63, 3.8) is 0 Å². The average Bonchev–Trinajstić information content (AvgIpc) is 3.56. The van der Waals surface area contributed by atoms with Crippen molar-refractivity contribution in [1.29, 1.82) is 0 Å². The van der Waals surface area contributed by atoms with Crippen molar-refractivity contribution < 1.29 is 36.2 Å². The van der Waals surface area contributed by atoms with E-state index in [1.807, 2.05) is 0 Å². The Morgan fingerprint density at radius 1 is 1.18 bits per heavy atom. The number of ether oxygens (including phenoxy) is 2. The van der Waals surface area contributed by atoms with Crippen molar-refractivity contribution in [1.82, 2.24) is 10.3 Å². The molecule has 1 heterocycles. The predicted octanol–water partition coefficient (Wildman–Crippen LogP) is 5.14. The summed E-state index contributed by atoms with van der Waals surface area (Å²) in [4.78, 5) is 17.5. The van der Waals surface area contributed by atoms with Crippen molar-refractivity contribution in [2.45, 2.75) is 43.8 Å². The number of amides is 1. The molecule has 1 fully saturated rings. The van der Waals surface area contributed by atoms with Gasteiger partial charge in [-0.1, -0.05) is 6.07 Å². The lowest BCUT2D eigenvalue weighted by molar-refractivity contribution is -0.0515. The Balaban J connectivity index is 0.00000420. The number of benzene rings is 2. The summed E-state index contributed by atoms with van der Waals surface area (Å²) in [6.45, 7) is -1.16. The Labute approximate surface area is 233 Å². The molecule has 1 saturated carbocycles. The number of rotatable bonds is 11. The summed E-state index contributed by atoms with van der Waals surface area (Å²) < 4.78 is 69.5. The number of nitrogens with zero attached hydrogens (tertiary/aromatic N) is 1. The minimum absolute atomic E-state index is 0. The normalized spacial score (nSPS) is 15.3. The van der Waals surface area contributed by atoms with Gasteiger partial charge in [-0.25, -0.2) is 13.8 Å². The zero-order chi connectivity index (χ0) is 27.6. The van der Waals surface area contributed by atoms with E-state index >= 15 is 0 Å². The second-order valence-electron chi connectivity index (χ2n) is 8.92. The molecule has 1 aromatic heterocycles. The van der Waals surface area contributed by atoms with Crippen LogP contribution >= 0.6 is 25.0 Å². The van der Waals surface area contributed by atoms with Crippen LogP contribution in [-0.2, 0) is 0 Å². The first-order valence-electron chi connectivity index (χ1n) is 11.7. The highest BCUT2D eigenvalue weighted by Gasteiger charge is 2.29. The molecule has 1 aliphatic rings. The van der Waals surface area contributed by atoms with Crippen LogP contribution in [-0.4, -0.2) is 29.5 Å². The highest BCUT2D eigenvalue weighted by atomic mass is 35.5. The summed E-state index contributed by atoms with van der Waals surface area (Å²) in [6, 6.07) is 5.02. The van der Waals surface area contributed by atoms with Crippen LogP contribution in [0.3, 0.4) is 0 Å². The SMILES string of the molecule is C[C@H](N)c1oc(-c2ccc(OC(F)F)c(OCC3CC3)c2)nc1C(=O)NC(c1ccc(F)cc1F)[C@H](N)S.Cl. The van der Waals surface area contributed by atoms with Gasteiger partial charge in [0, 0.05) is 17.2 Å². The molecule has 5 N–H and O–H groups in total. The van der Waals surface area contributed by atoms with Crippen molar-refractivity contribution in [3.05, 3.63) is 65.1 Å². The second-order valence-corrected chi connectivity index (χ2v) is 9.52. The molecular weight excluding hydrogens is 564 g/mol. The first kappa shape index (κ1) is 30.5. The quantitative estimate of drug-likeness (QED) is 0.138. The third-order valence-corrected chi connectivity index (χ3v) is 6.08. The van der Waals surface area contributed by atoms with Crippen LogP contribution in [0.25, 0.3) is 11.5 Å². The van der Waals surface area contributed by atoms with E-state index in [0.29, 0.717) is 24.2 Å². The fourth-order valence-corrected chi connectivity index (χ4v) is 3.91. The monoisotopic (exact) mass is 590 g/mol. The van der Waals surface area contributed by atoms with Crippen LogP contribution in [0, 0.1) is 17.6 Å². The molecule has 2 aromatic carbocycles. The fourth-order valence-electron chi connectivity index (χ4n) is 3.68. The van der Waals surface area contributed by atoms with E-state index in [1.54, 1.807) is 6.92 Å². The molecule has 0 aliphatic heterocycles. The van der Waals surface area contributed by atoms with E-state index in [0.717, 1.165) is 25.0 Å². The first-order valence-corrected chi connectivity index (χ1v) is 12.2. The maximum Gasteiger partial charge on any atom is 0.387 e. The molecule has 0 radical (unpaired) electrons. The lowest BCUT2D eigenvalue weighted by Crippen LogP contribution is -2.39. The Hall–Kier alpha value is -3.00. The molecule has 1 aliphatic carbocycles. The molecule has 39 heavy (non-hydrogen) atoms. The van der Waals surface area contributed by atoms with Crippen molar-refractivity contribution in [3.8, 4) is 23.0 Å². The van der Waals surface area contributed by atoms with E-state index in [2.05, 4.69) is 27.7 Å². The molecule has 1 unspecified atom stereocenters. The van der Waals surface area contributed by atoms with Gasteiger partial charge in [-0.2, -0.15) is 21.4 Å². The summed E-state index contributed by atoms with van der Waals surface area (Å²) in [7, 11) is 0. The number of thiol groups is 1. The van der Waals surface area contributed by atoms with E-state index in [-0.39, 0.29) is 46.8 Å². The van der Waals surface area contributed by atoms with E-state index < -0.39 is 41.6 Å². The zero-order valence-corrected chi connectivity index (χ0v) is 22.3. The molecule has 3 atom stereocenters. The number of carbonyl (C=O) groups excluding carboxylic acids is 1. The van der Waals surface area contributed by atoms with Crippen LogP contribution in [0.4, 0.5) is 17.6 Å².